The van der Waals surface area contributed by atoms with Crippen molar-refractivity contribution in [2.75, 3.05) is 39.7 Å². The highest BCUT2D eigenvalue weighted by molar-refractivity contribution is 5.98. The van der Waals surface area contributed by atoms with Crippen molar-refractivity contribution >= 4 is 17.6 Å². The number of carbonyl (C=O) groups is 2. The normalized spacial score (nSPS) is 15.9. The summed E-state index contributed by atoms with van der Waals surface area (Å²) in [5, 5.41) is 12.5. The molecule has 1 aliphatic rings. The summed E-state index contributed by atoms with van der Waals surface area (Å²) in [4.78, 5) is 35.5. The van der Waals surface area contributed by atoms with Crippen LogP contribution in [0.2, 0.25) is 0 Å². The molecule has 0 bridgehead atoms. The highest BCUT2D eigenvalue weighted by Crippen LogP contribution is 2.26. The van der Waals surface area contributed by atoms with Crippen LogP contribution in [0.3, 0.4) is 0 Å². The minimum Gasteiger partial charge on any atom is -0.497 e. The molecule has 4 aromatic rings. The van der Waals surface area contributed by atoms with Gasteiger partial charge in [-0.2, -0.15) is 0 Å². The van der Waals surface area contributed by atoms with Crippen LogP contribution in [-0.4, -0.2) is 61.7 Å². The van der Waals surface area contributed by atoms with Crippen molar-refractivity contribution in [2.24, 2.45) is 0 Å². The summed E-state index contributed by atoms with van der Waals surface area (Å²) in [6.07, 6.45) is 3.08. The molecule has 0 aliphatic carbocycles. The maximum Gasteiger partial charge on any atom is 0.273 e. The van der Waals surface area contributed by atoms with Crippen LogP contribution in [0.25, 0.3) is 11.3 Å². The van der Waals surface area contributed by atoms with E-state index < -0.39 is 5.54 Å². The number of amides is 2. The van der Waals surface area contributed by atoms with Crippen molar-refractivity contribution in [3.05, 3.63) is 101 Å². The van der Waals surface area contributed by atoms with E-state index in [1.807, 2.05) is 60.7 Å². The van der Waals surface area contributed by atoms with Gasteiger partial charge in [0.1, 0.15) is 11.5 Å². The monoisotopic (exact) mass is 580 g/mol. The van der Waals surface area contributed by atoms with Gasteiger partial charge in [-0.15, -0.1) is 0 Å². The Hall–Kier alpha value is -4.96. The highest BCUT2D eigenvalue weighted by Gasteiger charge is 2.36. The van der Waals surface area contributed by atoms with Crippen molar-refractivity contribution in [2.45, 2.75) is 24.9 Å². The first-order valence-electron chi connectivity index (χ1n) is 14.1. The number of benzene rings is 3. The van der Waals surface area contributed by atoms with Gasteiger partial charge >= 0.3 is 0 Å². The number of hydrogen-bond donors (Lipinski definition) is 4. The minimum atomic E-state index is -0.429. The molecule has 0 spiro atoms. The fourth-order valence-electron chi connectivity index (χ4n) is 5.25. The first-order valence-corrected chi connectivity index (χ1v) is 14.1. The van der Waals surface area contributed by atoms with Gasteiger partial charge in [-0.05, 0) is 66.9 Å². The summed E-state index contributed by atoms with van der Waals surface area (Å²) in [5.41, 5.74) is 3.44. The van der Waals surface area contributed by atoms with Gasteiger partial charge in [-0.25, -0.2) is 9.97 Å². The lowest BCUT2D eigenvalue weighted by molar-refractivity contribution is 0.0904. The Balaban J connectivity index is 1.35. The Morgan fingerprint density at radius 1 is 0.930 bits per heavy atom. The summed E-state index contributed by atoms with van der Waals surface area (Å²) < 4.78 is 10.7. The molecular formula is C33H36N6O4. The van der Waals surface area contributed by atoms with E-state index in [1.54, 1.807) is 39.6 Å². The topological polar surface area (TPSA) is 127 Å². The van der Waals surface area contributed by atoms with E-state index in [0.29, 0.717) is 42.1 Å². The van der Waals surface area contributed by atoms with Crippen LogP contribution < -0.4 is 30.7 Å². The largest absolute Gasteiger partial charge is 0.497 e. The standard InChI is InChI=1S/C33H36N6O4/c1-34-32(41)29-30(36-19-23-8-5-12-27(16-23)43-3)37-20-28(38-29)24-9-6-10-25(17-24)31(40)39-33(13-14-35-21-33)18-22-7-4-11-26(15-22)42-2/h4-12,15-17,20,35H,13-14,18-19,21H2,1-3H3,(H,34,41)(H,36,37)(H,39,40)/t33-/m0/s1. The first kappa shape index (κ1) is 29.5. The van der Waals surface area contributed by atoms with Crippen LogP contribution in [0.15, 0.2) is 79.0 Å². The molecule has 0 radical (unpaired) electrons. The van der Waals surface area contributed by atoms with Crippen molar-refractivity contribution in [1.29, 1.82) is 0 Å². The lowest BCUT2D eigenvalue weighted by Crippen LogP contribution is -2.51. The van der Waals surface area contributed by atoms with Gasteiger partial charge in [-0.1, -0.05) is 36.4 Å². The number of anilines is 1. The van der Waals surface area contributed by atoms with Crippen LogP contribution in [0, 0.1) is 0 Å². The van der Waals surface area contributed by atoms with Crippen LogP contribution >= 0.6 is 0 Å². The number of nitrogens with zero attached hydrogens (tertiary/aromatic N) is 2. The number of rotatable bonds is 11. The molecule has 1 aromatic heterocycles. The van der Waals surface area contributed by atoms with Crippen LogP contribution in [0.5, 0.6) is 11.5 Å². The van der Waals surface area contributed by atoms with Crippen molar-refractivity contribution in [3.8, 4) is 22.8 Å². The van der Waals surface area contributed by atoms with Crippen LogP contribution in [-0.2, 0) is 13.0 Å². The number of carbonyl (C=O) groups excluding carboxylic acids is 2. The average Bonchev–Trinajstić information content (AvgIpc) is 3.51. The molecule has 10 heteroatoms. The third-order valence-corrected chi connectivity index (χ3v) is 7.53. The van der Waals surface area contributed by atoms with E-state index in [4.69, 9.17) is 9.47 Å². The molecule has 3 aromatic carbocycles. The molecule has 1 saturated heterocycles. The molecule has 1 fully saturated rings. The van der Waals surface area contributed by atoms with Crippen LogP contribution in [0.4, 0.5) is 5.82 Å². The molecule has 0 saturated carbocycles. The lowest BCUT2D eigenvalue weighted by atomic mass is 9.89. The second kappa shape index (κ2) is 13.3. The average molecular weight is 581 g/mol. The van der Waals surface area contributed by atoms with Gasteiger partial charge in [-0.3, -0.25) is 9.59 Å². The number of ether oxygens (including phenoxy) is 2. The summed E-state index contributed by atoms with van der Waals surface area (Å²) >= 11 is 0. The van der Waals surface area contributed by atoms with E-state index in [0.717, 1.165) is 35.6 Å². The molecule has 10 nitrogen and oxygen atoms in total. The fraction of sp³-hybridized carbons (Fsp3) is 0.273. The van der Waals surface area contributed by atoms with Gasteiger partial charge in [0.2, 0.25) is 0 Å². The van der Waals surface area contributed by atoms with Crippen molar-refractivity contribution < 1.29 is 19.1 Å². The Labute approximate surface area is 251 Å². The predicted molar refractivity (Wildman–Crippen MR) is 166 cm³/mol. The molecule has 5 rings (SSSR count). The van der Waals surface area contributed by atoms with Crippen molar-refractivity contribution in [1.82, 2.24) is 25.9 Å². The zero-order valence-corrected chi connectivity index (χ0v) is 24.6. The lowest BCUT2D eigenvalue weighted by Gasteiger charge is -2.30. The van der Waals surface area contributed by atoms with E-state index in [2.05, 4.69) is 31.2 Å². The molecule has 0 unspecified atom stereocenters. The maximum absolute atomic E-state index is 13.6. The summed E-state index contributed by atoms with van der Waals surface area (Å²) in [5.74, 6) is 1.34. The van der Waals surface area contributed by atoms with Gasteiger partial charge in [0.25, 0.3) is 11.8 Å². The number of hydrogen-bond acceptors (Lipinski definition) is 8. The summed E-state index contributed by atoms with van der Waals surface area (Å²) in [7, 11) is 4.81. The van der Waals surface area contributed by atoms with Crippen LogP contribution in [0.1, 0.15) is 38.4 Å². The second-order valence-corrected chi connectivity index (χ2v) is 10.5. The SMILES string of the molecule is CNC(=O)c1nc(-c2cccc(C(=O)N[C@]3(Cc4cccc(OC)c4)CCNC3)c2)cnc1NCc1cccc(OC)c1. The molecule has 2 heterocycles. The highest BCUT2D eigenvalue weighted by atomic mass is 16.5. The quantitative estimate of drug-likeness (QED) is 0.211. The Morgan fingerprint density at radius 2 is 1.65 bits per heavy atom. The summed E-state index contributed by atoms with van der Waals surface area (Å²) in [6.45, 7) is 1.92. The van der Waals surface area contributed by atoms with E-state index in [1.165, 1.54) is 0 Å². The number of methoxy groups -OCH3 is 2. The molecule has 43 heavy (non-hydrogen) atoms. The first-order chi connectivity index (χ1) is 20.9. The molecule has 4 N–H and O–H groups in total. The Morgan fingerprint density at radius 3 is 2.35 bits per heavy atom. The second-order valence-electron chi connectivity index (χ2n) is 10.5. The summed E-state index contributed by atoms with van der Waals surface area (Å²) in [6, 6.07) is 22.8. The van der Waals surface area contributed by atoms with E-state index >= 15 is 0 Å². The molecule has 2 amide bonds. The van der Waals surface area contributed by atoms with Gasteiger partial charge in [0, 0.05) is 31.3 Å². The van der Waals surface area contributed by atoms with Gasteiger partial charge in [0.05, 0.1) is 31.6 Å². The Bertz CT molecular complexity index is 1600. The Kier molecular flexibility index (Phi) is 9.17. The minimum absolute atomic E-state index is 0.159. The smallest absolute Gasteiger partial charge is 0.273 e. The maximum atomic E-state index is 13.6. The number of aromatic nitrogens is 2. The zero-order chi connectivity index (χ0) is 30.2. The van der Waals surface area contributed by atoms with Gasteiger partial charge in [0.15, 0.2) is 11.5 Å². The van der Waals surface area contributed by atoms with E-state index in [-0.39, 0.29) is 17.5 Å². The third-order valence-electron chi connectivity index (χ3n) is 7.53. The van der Waals surface area contributed by atoms with E-state index in [9.17, 15) is 9.59 Å². The third kappa shape index (κ3) is 7.10. The molecule has 1 aliphatic heterocycles. The molecule has 1 atom stereocenters. The molecule has 222 valence electrons. The van der Waals surface area contributed by atoms with Crippen molar-refractivity contribution in [3.63, 3.8) is 0 Å². The number of nitrogens with one attached hydrogen (secondary N) is 4. The zero-order valence-electron chi connectivity index (χ0n) is 24.6. The predicted octanol–water partition coefficient (Wildman–Crippen LogP) is 3.84. The molecular weight excluding hydrogens is 544 g/mol. The van der Waals surface area contributed by atoms with Gasteiger partial charge < -0.3 is 30.7 Å². The fourth-order valence-corrected chi connectivity index (χ4v) is 5.25.